The van der Waals surface area contributed by atoms with Crippen LogP contribution in [0.25, 0.3) is 45.4 Å². The van der Waals surface area contributed by atoms with Gasteiger partial charge in [-0.25, -0.2) is 29.9 Å². The molecule has 2 aliphatic heterocycles. The summed E-state index contributed by atoms with van der Waals surface area (Å²) in [6.45, 7) is 0. The fourth-order valence-corrected chi connectivity index (χ4v) is 5.20. The number of fused-ring (bicyclic) bond motifs is 8. The molecule has 0 aliphatic carbocycles. The van der Waals surface area contributed by atoms with Crippen LogP contribution in [0.3, 0.4) is 0 Å². The monoisotopic (exact) mass is 572 g/mol. The van der Waals surface area contributed by atoms with Crippen molar-refractivity contribution in [2.45, 2.75) is 0 Å². The first kappa shape index (κ1) is 28.6. The molecule has 222 valence electrons. The first-order valence-corrected chi connectivity index (χ1v) is 13.6. The minimum atomic E-state index is 0.518. The van der Waals surface area contributed by atoms with E-state index in [2.05, 4.69) is 9.97 Å². The second kappa shape index (κ2) is 10.5. The molecule has 3 aromatic rings. The molecule has 0 unspecified atom stereocenters. The molecule has 5 rings (SSSR count). The summed E-state index contributed by atoms with van der Waals surface area (Å²) in [5.41, 5.74) is 7.76. The Balaban J connectivity index is 2.03. The van der Waals surface area contributed by atoms with Crippen LogP contribution in [-0.4, -0.2) is 144 Å². The Morgan fingerprint density at radius 2 is 0.714 bits per heavy atom. The van der Waals surface area contributed by atoms with Gasteiger partial charge in [0.1, 0.15) is 45.5 Å². The molecule has 0 spiro atoms. The molecule has 42 heavy (non-hydrogen) atoms. The molecule has 0 fully saturated rings. The summed E-state index contributed by atoms with van der Waals surface area (Å²) < 4.78 is 0. The average Bonchev–Trinajstić information content (AvgIpc) is 3.63. The predicted molar refractivity (Wildman–Crippen MR) is 169 cm³/mol. The molecule has 14 nitrogen and oxygen atoms in total. The summed E-state index contributed by atoms with van der Waals surface area (Å²) in [5.74, 6) is 2.12. The van der Waals surface area contributed by atoms with Gasteiger partial charge in [0.15, 0.2) is 34.6 Å². The highest BCUT2D eigenvalue weighted by atomic mass is 15.3. The van der Waals surface area contributed by atoms with Gasteiger partial charge in [-0.05, 0) is 12.1 Å². The molecule has 2 aliphatic rings. The van der Waals surface area contributed by atoms with E-state index in [0.29, 0.717) is 45.9 Å². The second-order valence-electron chi connectivity index (χ2n) is 11.5. The summed E-state index contributed by atoms with van der Waals surface area (Å²) in [4.78, 5) is 48.8. The molecule has 0 saturated heterocycles. The maximum atomic E-state index is 5.11. The van der Waals surface area contributed by atoms with Gasteiger partial charge in [-0.3, -0.25) is 0 Å². The van der Waals surface area contributed by atoms with E-state index in [-0.39, 0.29) is 0 Å². The number of aromatic nitrogens is 8. The minimum Gasteiger partial charge on any atom is -0.373 e. The molecule has 0 aromatic carbocycles. The molecule has 14 heteroatoms. The maximum absolute atomic E-state index is 5.11. The highest BCUT2D eigenvalue weighted by Crippen LogP contribution is 2.37. The fraction of sp³-hybridized carbons (Fsp3) is 0.429. The van der Waals surface area contributed by atoms with Gasteiger partial charge in [0, 0.05) is 84.6 Å². The number of rotatable bonds is 6. The van der Waals surface area contributed by atoms with E-state index in [1.165, 1.54) is 0 Å². The van der Waals surface area contributed by atoms with E-state index in [1.807, 2.05) is 126 Å². The normalized spacial score (nSPS) is 13.0. The molecule has 8 bridgehead atoms. The van der Waals surface area contributed by atoms with E-state index in [0.717, 1.165) is 34.2 Å². The van der Waals surface area contributed by atoms with Crippen molar-refractivity contribution >= 4 is 56.8 Å². The quantitative estimate of drug-likeness (QED) is 0.448. The van der Waals surface area contributed by atoms with E-state index in [1.54, 1.807) is 0 Å². The Kier molecular flexibility index (Phi) is 7.16. The van der Waals surface area contributed by atoms with Crippen molar-refractivity contribution in [3.63, 3.8) is 0 Å². The Labute approximate surface area is 246 Å². The average molecular weight is 573 g/mol. The molecule has 2 N–H and O–H groups in total. The van der Waals surface area contributed by atoms with Crippen molar-refractivity contribution in [1.29, 1.82) is 0 Å². The molecule has 0 saturated carbocycles. The lowest BCUT2D eigenvalue weighted by molar-refractivity contribution is 0.550. The zero-order valence-corrected chi connectivity index (χ0v) is 26.5. The summed E-state index contributed by atoms with van der Waals surface area (Å²) in [7, 11) is 23.8. The molecular formula is C28H40N14. The number of hydrogen-bond donors (Lipinski definition) is 2. The third-order valence-electron chi connectivity index (χ3n) is 6.86. The minimum absolute atomic E-state index is 0.518. The lowest BCUT2D eigenvalue weighted by atomic mass is 10.2. The third-order valence-corrected chi connectivity index (χ3v) is 6.86. The van der Waals surface area contributed by atoms with E-state index < -0.39 is 0 Å². The summed E-state index contributed by atoms with van der Waals surface area (Å²) in [6.07, 6.45) is 0. The van der Waals surface area contributed by atoms with Gasteiger partial charge >= 0.3 is 0 Å². The lowest BCUT2D eigenvalue weighted by Gasteiger charge is -2.21. The van der Waals surface area contributed by atoms with Crippen molar-refractivity contribution in [2.75, 3.05) is 94.4 Å². The van der Waals surface area contributed by atoms with Crippen molar-refractivity contribution in [2.24, 2.45) is 0 Å². The van der Waals surface area contributed by atoms with Gasteiger partial charge in [-0.1, -0.05) is 0 Å². The molecule has 3 aromatic heterocycles. The van der Waals surface area contributed by atoms with Crippen molar-refractivity contribution < 1.29 is 0 Å². The molecule has 0 atom stereocenters. The molecule has 5 heterocycles. The van der Waals surface area contributed by atoms with Gasteiger partial charge in [-0.15, -0.1) is 0 Å². The SMILES string of the molecule is CN(C)C1=C(N(C)C)c2nc1nc1nc(nc3[nH]c(nc4ccc(n2)[nH]4)c(N(C)C)c3N(C)C)C(N(C)C)=C1N(C)C. The standard InChI is InChI=1S/C28H40N14/c1-37(2)17-19(39(5)6)25-32-23(17)30-15-13-14-16(29-15)31-24-18(38(3)4)20(40(7)8)26(33-24)35-28-22(42(11)12)21(41(9)10)27(34-25)36-28/h13-14H,1-12H3,(H2,29,30,31,32,33,34,35,36). The van der Waals surface area contributed by atoms with E-state index >= 15 is 0 Å². The Hall–Kier alpha value is -4.88. The van der Waals surface area contributed by atoms with Crippen LogP contribution in [0.5, 0.6) is 0 Å². The second-order valence-corrected chi connectivity index (χ2v) is 11.5. The lowest BCUT2D eigenvalue weighted by Crippen LogP contribution is -2.19. The van der Waals surface area contributed by atoms with Crippen LogP contribution in [-0.2, 0) is 0 Å². The van der Waals surface area contributed by atoms with Gasteiger partial charge in [-0.2, -0.15) is 0 Å². The van der Waals surface area contributed by atoms with Crippen LogP contribution < -0.4 is 9.80 Å². The number of hydrogen-bond acceptors (Lipinski definition) is 12. The van der Waals surface area contributed by atoms with Gasteiger partial charge in [0.2, 0.25) is 0 Å². The van der Waals surface area contributed by atoms with Crippen molar-refractivity contribution in [3.05, 3.63) is 35.4 Å². The topological polar surface area (TPSA) is 128 Å². The van der Waals surface area contributed by atoms with Crippen LogP contribution in [0.2, 0.25) is 0 Å². The smallest absolute Gasteiger partial charge is 0.182 e. The number of nitrogens with zero attached hydrogens (tertiary/aromatic N) is 12. The van der Waals surface area contributed by atoms with Gasteiger partial charge in [0.05, 0.1) is 0 Å². The summed E-state index contributed by atoms with van der Waals surface area (Å²) in [5, 5.41) is 0. The van der Waals surface area contributed by atoms with Gasteiger partial charge in [0.25, 0.3) is 0 Å². The molecule has 0 radical (unpaired) electrons. The zero-order valence-electron chi connectivity index (χ0n) is 26.5. The largest absolute Gasteiger partial charge is 0.373 e. The number of H-pyrrole nitrogens is 2. The van der Waals surface area contributed by atoms with Gasteiger partial charge < -0.3 is 39.4 Å². The van der Waals surface area contributed by atoms with Crippen LogP contribution in [0.15, 0.2) is 12.1 Å². The summed E-state index contributed by atoms with van der Waals surface area (Å²) >= 11 is 0. The first-order valence-electron chi connectivity index (χ1n) is 13.6. The zero-order chi connectivity index (χ0) is 30.6. The van der Waals surface area contributed by atoms with Crippen LogP contribution in [0, 0.1) is 0 Å². The third kappa shape index (κ3) is 4.82. The Morgan fingerprint density at radius 1 is 0.381 bits per heavy atom. The Morgan fingerprint density at radius 3 is 1.10 bits per heavy atom. The highest BCUT2D eigenvalue weighted by molar-refractivity contribution is 5.96. The first-order chi connectivity index (χ1) is 19.8. The number of anilines is 2. The fourth-order valence-electron chi connectivity index (χ4n) is 5.20. The highest BCUT2D eigenvalue weighted by Gasteiger charge is 2.30. The predicted octanol–water partition coefficient (Wildman–Crippen LogP) is 1.92. The maximum Gasteiger partial charge on any atom is 0.182 e. The van der Waals surface area contributed by atoms with Crippen LogP contribution in [0.1, 0.15) is 23.3 Å². The molecular weight excluding hydrogens is 532 g/mol. The van der Waals surface area contributed by atoms with Crippen LogP contribution >= 0.6 is 0 Å². The van der Waals surface area contributed by atoms with E-state index in [4.69, 9.17) is 29.9 Å². The van der Waals surface area contributed by atoms with Crippen molar-refractivity contribution in [3.8, 4) is 0 Å². The van der Waals surface area contributed by atoms with Crippen molar-refractivity contribution in [1.82, 2.24) is 59.5 Å². The van der Waals surface area contributed by atoms with E-state index in [9.17, 15) is 0 Å². The Bertz CT molecular complexity index is 1750. The molecule has 0 amide bonds. The summed E-state index contributed by atoms with van der Waals surface area (Å²) in [6, 6.07) is 3.80. The number of nitrogens with one attached hydrogen (secondary N) is 2. The van der Waals surface area contributed by atoms with Crippen LogP contribution in [0.4, 0.5) is 11.4 Å². The number of aromatic amines is 2.